The lowest BCUT2D eigenvalue weighted by atomic mass is 9.95. The molecule has 0 amide bonds. The molecule has 112 valence electrons. The van der Waals surface area contributed by atoms with Gasteiger partial charge in [0.1, 0.15) is 0 Å². The van der Waals surface area contributed by atoms with E-state index in [0.29, 0.717) is 0 Å². The number of unbranched alkanes of at least 4 members (excludes halogenated alkanes) is 1. The number of benzene rings is 1. The fourth-order valence-corrected chi connectivity index (χ4v) is 1.87. The van der Waals surface area contributed by atoms with E-state index in [-0.39, 0.29) is 0 Å². The van der Waals surface area contributed by atoms with Gasteiger partial charge in [-0.25, -0.2) is 0 Å². The van der Waals surface area contributed by atoms with E-state index >= 15 is 0 Å². The summed E-state index contributed by atoms with van der Waals surface area (Å²) in [6.07, 6.45) is 6.20. The third-order valence-corrected chi connectivity index (χ3v) is 3.18. The Morgan fingerprint density at radius 1 is 0.737 bits per heavy atom. The minimum atomic E-state index is 1.15. The first-order chi connectivity index (χ1) is 9.03. The Labute approximate surface area is 122 Å². The van der Waals surface area contributed by atoms with Crippen LogP contribution in [0.15, 0.2) is 12.1 Å². The fraction of sp³-hybridized carbons (Fsp3) is 0.684. The molecule has 0 spiro atoms. The molecule has 0 N–H and O–H groups in total. The molecule has 0 fully saturated rings. The molecule has 19 heavy (non-hydrogen) atoms. The molecule has 0 radical (unpaired) electrons. The second kappa shape index (κ2) is 13.6. The van der Waals surface area contributed by atoms with Crippen LogP contribution in [0.4, 0.5) is 0 Å². The second-order valence-electron chi connectivity index (χ2n) is 5.06. The lowest BCUT2D eigenvalue weighted by Crippen LogP contribution is -1.96. The van der Waals surface area contributed by atoms with Crippen LogP contribution >= 0.6 is 0 Å². The lowest BCUT2D eigenvalue weighted by molar-refractivity contribution is 0.886. The predicted molar refractivity (Wildman–Crippen MR) is 91.2 cm³/mol. The molecule has 0 bridgehead atoms. The fourth-order valence-electron chi connectivity index (χ4n) is 1.87. The van der Waals surface area contributed by atoms with Crippen molar-refractivity contribution >= 4 is 0 Å². The van der Waals surface area contributed by atoms with E-state index in [1.165, 1.54) is 41.5 Å². The minimum absolute atomic E-state index is 1.15. The van der Waals surface area contributed by atoms with Gasteiger partial charge in [0.25, 0.3) is 0 Å². The highest BCUT2D eigenvalue weighted by Gasteiger charge is 2.03. The highest BCUT2D eigenvalue weighted by atomic mass is 14.1. The molecule has 0 heterocycles. The van der Waals surface area contributed by atoms with E-state index in [1.54, 1.807) is 0 Å². The zero-order valence-electron chi connectivity index (χ0n) is 14.7. The summed E-state index contributed by atoms with van der Waals surface area (Å²) in [5.74, 6) is 0. The molecule has 1 rings (SSSR count). The van der Waals surface area contributed by atoms with Crippen LogP contribution in [-0.4, -0.2) is 0 Å². The molecule has 0 aliphatic rings. The topological polar surface area (TPSA) is 0 Å². The third-order valence-electron chi connectivity index (χ3n) is 3.18. The molecule has 1 aromatic rings. The Hall–Kier alpha value is -0.780. The van der Waals surface area contributed by atoms with Crippen LogP contribution in [0, 0.1) is 13.8 Å². The molecule has 0 saturated carbocycles. The average Bonchev–Trinajstić information content (AvgIpc) is 2.41. The largest absolute Gasteiger partial charge is 0.0656 e. The Morgan fingerprint density at radius 3 is 1.53 bits per heavy atom. The summed E-state index contributed by atoms with van der Waals surface area (Å²) in [4.78, 5) is 0. The van der Waals surface area contributed by atoms with Crippen molar-refractivity contribution in [2.45, 2.75) is 87.5 Å². The Kier molecular flexibility index (Phi) is 14.8. The van der Waals surface area contributed by atoms with Crippen molar-refractivity contribution < 1.29 is 0 Å². The van der Waals surface area contributed by atoms with Crippen molar-refractivity contribution in [1.29, 1.82) is 0 Å². The average molecular weight is 264 g/mol. The summed E-state index contributed by atoms with van der Waals surface area (Å²) in [6, 6.07) is 4.49. The maximum atomic E-state index is 2.25. The van der Waals surface area contributed by atoms with Gasteiger partial charge in [0.2, 0.25) is 0 Å². The van der Waals surface area contributed by atoms with Gasteiger partial charge in [-0.2, -0.15) is 0 Å². The normalized spacial score (nSPS) is 9.05. The van der Waals surface area contributed by atoms with Gasteiger partial charge in [0, 0.05) is 0 Å². The Morgan fingerprint density at radius 2 is 1.21 bits per heavy atom. The van der Waals surface area contributed by atoms with Gasteiger partial charge in [-0.3, -0.25) is 0 Å². The monoisotopic (exact) mass is 264 g/mol. The van der Waals surface area contributed by atoms with Gasteiger partial charge >= 0.3 is 0 Å². The maximum absolute atomic E-state index is 2.25. The van der Waals surface area contributed by atoms with Crippen molar-refractivity contribution in [3.05, 3.63) is 34.4 Å². The van der Waals surface area contributed by atoms with Crippen LogP contribution in [0.25, 0.3) is 0 Å². The molecule has 0 unspecified atom stereocenters. The summed E-state index contributed by atoms with van der Waals surface area (Å²) in [6.45, 7) is 17.5. The van der Waals surface area contributed by atoms with Crippen molar-refractivity contribution in [2.75, 3.05) is 0 Å². The SMILES string of the molecule is CCC.CCCC.CCc1ccc(C)c(CC)c1C. The highest BCUT2D eigenvalue weighted by molar-refractivity contribution is 5.39. The Balaban J connectivity index is 0. The standard InChI is InChI=1S/C12H18.C4H10.C3H8/c1-5-11-8-7-9(3)12(6-2)10(11)4;1-3-4-2;1-3-2/h7-8H,5-6H2,1-4H3;3-4H2,1-2H3;3H2,1-2H3. The van der Waals surface area contributed by atoms with Crippen molar-refractivity contribution in [1.82, 2.24) is 0 Å². The molecule has 0 saturated heterocycles. The maximum Gasteiger partial charge on any atom is -0.0302 e. The molecule has 0 atom stereocenters. The lowest BCUT2D eigenvalue weighted by Gasteiger charge is -2.11. The molecule has 0 aliphatic heterocycles. The van der Waals surface area contributed by atoms with Gasteiger partial charge in [-0.15, -0.1) is 0 Å². The summed E-state index contributed by atoms with van der Waals surface area (Å²) < 4.78 is 0. The van der Waals surface area contributed by atoms with E-state index in [2.05, 4.69) is 67.5 Å². The molecule has 0 aliphatic carbocycles. The van der Waals surface area contributed by atoms with Crippen molar-refractivity contribution in [3.63, 3.8) is 0 Å². The minimum Gasteiger partial charge on any atom is -0.0656 e. The smallest absolute Gasteiger partial charge is 0.0302 e. The van der Waals surface area contributed by atoms with E-state index in [0.717, 1.165) is 12.8 Å². The van der Waals surface area contributed by atoms with Crippen LogP contribution in [0.5, 0.6) is 0 Å². The summed E-state index contributed by atoms with van der Waals surface area (Å²) in [7, 11) is 0. The van der Waals surface area contributed by atoms with Crippen molar-refractivity contribution in [3.8, 4) is 0 Å². The molecule has 0 nitrogen and oxygen atoms in total. The van der Waals surface area contributed by atoms with E-state index < -0.39 is 0 Å². The van der Waals surface area contributed by atoms with E-state index in [4.69, 9.17) is 0 Å². The van der Waals surface area contributed by atoms with Crippen LogP contribution in [0.2, 0.25) is 0 Å². The first-order valence-corrected chi connectivity index (χ1v) is 8.11. The molecule has 0 aromatic heterocycles. The van der Waals surface area contributed by atoms with Gasteiger partial charge < -0.3 is 0 Å². The van der Waals surface area contributed by atoms with E-state index in [9.17, 15) is 0 Å². The summed E-state index contributed by atoms with van der Waals surface area (Å²) >= 11 is 0. The number of hydrogen-bond donors (Lipinski definition) is 0. The number of aryl methyl sites for hydroxylation is 2. The second-order valence-corrected chi connectivity index (χ2v) is 5.06. The van der Waals surface area contributed by atoms with Gasteiger partial charge in [0.15, 0.2) is 0 Å². The predicted octanol–water partition coefficient (Wildman–Crippen LogP) is 6.65. The van der Waals surface area contributed by atoms with E-state index in [1.807, 2.05) is 0 Å². The first-order valence-electron chi connectivity index (χ1n) is 8.11. The summed E-state index contributed by atoms with van der Waals surface area (Å²) in [5, 5.41) is 0. The van der Waals surface area contributed by atoms with Crippen LogP contribution in [-0.2, 0) is 12.8 Å². The number of hydrogen-bond acceptors (Lipinski definition) is 0. The van der Waals surface area contributed by atoms with Crippen molar-refractivity contribution in [2.24, 2.45) is 0 Å². The van der Waals surface area contributed by atoms with Gasteiger partial charge in [-0.1, -0.05) is 72.9 Å². The Bertz CT molecular complexity index is 308. The van der Waals surface area contributed by atoms with Crippen LogP contribution in [0.3, 0.4) is 0 Å². The van der Waals surface area contributed by atoms with Gasteiger partial charge in [-0.05, 0) is 48.9 Å². The quantitative estimate of drug-likeness (QED) is 0.573. The highest BCUT2D eigenvalue weighted by Crippen LogP contribution is 2.18. The molecule has 0 heteroatoms. The third kappa shape index (κ3) is 8.86. The zero-order valence-corrected chi connectivity index (χ0v) is 14.7. The molecule has 1 aromatic carbocycles. The van der Waals surface area contributed by atoms with Gasteiger partial charge in [0.05, 0.1) is 0 Å². The molecular weight excluding hydrogens is 228 g/mol. The first kappa shape index (κ1) is 20.5. The summed E-state index contributed by atoms with van der Waals surface area (Å²) in [5.41, 5.74) is 5.97. The molecular formula is C19H36. The number of rotatable bonds is 3. The van der Waals surface area contributed by atoms with Crippen LogP contribution in [0.1, 0.15) is 83.1 Å². The van der Waals surface area contributed by atoms with Crippen LogP contribution < -0.4 is 0 Å². The zero-order chi connectivity index (χ0) is 15.3.